The van der Waals surface area contributed by atoms with E-state index in [1.807, 2.05) is 0 Å². The Morgan fingerprint density at radius 2 is 2.11 bits per heavy atom. The molecule has 0 fully saturated rings. The zero-order valence-electron chi connectivity index (χ0n) is 11.1. The SMILES string of the molecule is CC[C@H](Nc1ncnc2[nH]c(F)nc12)C(C)(C)C. The highest BCUT2D eigenvalue weighted by atomic mass is 19.1. The maximum Gasteiger partial charge on any atom is 0.288 e. The molecule has 0 unspecified atom stereocenters. The Labute approximate surface area is 105 Å². The number of anilines is 1. The van der Waals surface area contributed by atoms with Crippen molar-refractivity contribution in [3.63, 3.8) is 0 Å². The molecule has 2 N–H and O–H groups in total. The average molecular weight is 251 g/mol. The minimum Gasteiger partial charge on any atom is -0.365 e. The van der Waals surface area contributed by atoms with Crippen molar-refractivity contribution in [2.24, 2.45) is 5.41 Å². The lowest BCUT2D eigenvalue weighted by atomic mass is 9.85. The van der Waals surface area contributed by atoms with Crippen LogP contribution in [0.15, 0.2) is 6.33 Å². The van der Waals surface area contributed by atoms with Crippen LogP contribution < -0.4 is 5.32 Å². The predicted molar refractivity (Wildman–Crippen MR) is 68.8 cm³/mol. The average Bonchev–Trinajstić information content (AvgIpc) is 2.65. The number of aromatic amines is 1. The fourth-order valence-corrected chi connectivity index (χ4v) is 2.00. The smallest absolute Gasteiger partial charge is 0.288 e. The summed E-state index contributed by atoms with van der Waals surface area (Å²) in [6.07, 6.45) is 1.71. The Hall–Kier alpha value is -1.72. The Bertz CT molecular complexity index is 543. The van der Waals surface area contributed by atoms with Gasteiger partial charge in [-0.05, 0) is 11.8 Å². The van der Waals surface area contributed by atoms with E-state index < -0.39 is 6.08 Å². The molecule has 5 nitrogen and oxygen atoms in total. The number of hydrogen-bond acceptors (Lipinski definition) is 4. The zero-order chi connectivity index (χ0) is 13.3. The van der Waals surface area contributed by atoms with E-state index in [9.17, 15) is 4.39 Å². The van der Waals surface area contributed by atoms with Gasteiger partial charge in [-0.3, -0.25) is 4.98 Å². The van der Waals surface area contributed by atoms with Gasteiger partial charge in [0.05, 0.1) is 0 Å². The lowest BCUT2D eigenvalue weighted by Gasteiger charge is -2.31. The van der Waals surface area contributed by atoms with E-state index in [-0.39, 0.29) is 11.5 Å². The van der Waals surface area contributed by atoms with Crippen LogP contribution in [0.2, 0.25) is 0 Å². The highest BCUT2D eigenvalue weighted by Gasteiger charge is 2.24. The van der Waals surface area contributed by atoms with Crippen LogP contribution in [0.5, 0.6) is 0 Å². The van der Waals surface area contributed by atoms with Crippen molar-refractivity contribution in [2.75, 3.05) is 5.32 Å². The normalized spacial score (nSPS) is 13.8. The first-order chi connectivity index (χ1) is 8.41. The molecule has 0 spiro atoms. The van der Waals surface area contributed by atoms with Gasteiger partial charge in [0.1, 0.15) is 6.33 Å². The van der Waals surface area contributed by atoms with Gasteiger partial charge in [-0.15, -0.1) is 0 Å². The summed E-state index contributed by atoms with van der Waals surface area (Å²) in [6, 6.07) is 0.232. The fourth-order valence-electron chi connectivity index (χ4n) is 2.00. The van der Waals surface area contributed by atoms with E-state index in [4.69, 9.17) is 0 Å². The molecule has 0 saturated carbocycles. The number of nitrogens with zero attached hydrogens (tertiary/aromatic N) is 3. The highest BCUT2D eigenvalue weighted by Crippen LogP contribution is 2.26. The third-order valence-electron chi connectivity index (χ3n) is 3.02. The first-order valence-electron chi connectivity index (χ1n) is 6.04. The molecule has 2 heterocycles. The largest absolute Gasteiger partial charge is 0.365 e. The van der Waals surface area contributed by atoms with E-state index in [2.05, 4.69) is 52.9 Å². The van der Waals surface area contributed by atoms with Gasteiger partial charge in [0.15, 0.2) is 17.0 Å². The molecule has 2 rings (SSSR count). The van der Waals surface area contributed by atoms with Crippen LogP contribution in [0.3, 0.4) is 0 Å². The Kier molecular flexibility index (Phi) is 3.19. The van der Waals surface area contributed by atoms with Gasteiger partial charge < -0.3 is 5.32 Å². The summed E-state index contributed by atoms with van der Waals surface area (Å²) in [5, 5.41) is 3.32. The van der Waals surface area contributed by atoms with Crippen molar-refractivity contribution in [1.82, 2.24) is 19.9 Å². The second-order valence-electron chi connectivity index (χ2n) is 5.42. The summed E-state index contributed by atoms with van der Waals surface area (Å²) >= 11 is 0. The lowest BCUT2D eigenvalue weighted by molar-refractivity contribution is 0.333. The Balaban J connectivity index is 2.36. The number of rotatable bonds is 3. The van der Waals surface area contributed by atoms with Crippen LogP contribution in [-0.4, -0.2) is 26.0 Å². The Morgan fingerprint density at radius 3 is 2.72 bits per heavy atom. The molecule has 2 aromatic heterocycles. The molecule has 6 heteroatoms. The number of H-pyrrole nitrogens is 1. The third kappa shape index (κ3) is 2.42. The van der Waals surface area contributed by atoms with E-state index in [1.54, 1.807) is 0 Å². The Morgan fingerprint density at radius 1 is 1.39 bits per heavy atom. The van der Waals surface area contributed by atoms with E-state index in [0.29, 0.717) is 17.0 Å². The van der Waals surface area contributed by atoms with Gasteiger partial charge in [-0.25, -0.2) is 9.97 Å². The number of nitrogens with one attached hydrogen (secondary N) is 2. The topological polar surface area (TPSA) is 66.5 Å². The second-order valence-corrected chi connectivity index (χ2v) is 5.42. The molecular formula is C12H18FN5. The van der Waals surface area contributed by atoms with Crippen LogP contribution in [0, 0.1) is 11.5 Å². The van der Waals surface area contributed by atoms with Crippen LogP contribution in [0.25, 0.3) is 11.2 Å². The molecule has 0 aliphatic heterocycles. The van der Waals surface area contributed by atoms with Crippen LogP contribution in [0.4, 0.5) is 10.2 Å². The molecule has 0 radical (unpaired) electrons. The summed E-state index contributed by atoms with van der Waals surface area (Å²) in [5.41, 5.74) is 0.937. The first-order valence-corrected chi connectivity index (χ1v) is 6.04. The third-order valence-corrected chi connectivity index (χ3v) is 3.02. The minimum absolute atomic E-state index is 0.0842. The van der Waals surface area contributed by atoms with Gasteiger partial charge in [-0.1, -0.05) is 27.7 Å². The quantitative estimate of drug-likeness (QED) is 0.823. The van der Waals surface area contributed by atoms with Crippen LogP contribution in [0.1, 0.15) is 34.1 Å². The summed E-state index contributed by atoms with van der Waals surface area (Å²) < 4.78 is 13.1. The van der Waals surface area contributed by atoms with Gasteiger partial charge in [0, 0.05) is 6.04 Å². The maximum absolute atomic E-state index is 13.1. The molecule has 0 amide bonds. The van der Waals surface area contributed by atoms with E-state index in [0.717, 1.165) is 6.42 Å². The van der Waals surface area contributed by atoms with Crippen molar-refractivity contribution < 1.29 is 4.39 Å². The predicted octanol–water partition coefficient (Wildman–Crippen LogP) is 2.73. The molecule has 1 atom stereocenters. The number of aromatic nitrogens is 4. The molecule has 0 saturated heterocycles. The molecule has 2 aromatic rings. The van der Waals surface area contributed by atoms with Crippen LogP contribution in [-0.2, 0) is 0 Å². The van der Waals surface area contributed by atoms with Gasteiger partial charge in [0.25, 0.3) is 6.08 Å². The van der Waals surface area contributed by atoms with Crippen molar-refractivity contribution in [3.8, 4) is 0 Å². The monoisotopic (exact) mass is 251 g/mol. The molecule has 0 aliphatic carbocycles. The lowest BCUT2D eigenvalue weighted by Crippen LogP contribution is -2.33. The summed E-state index contributed by atoms with van der Waals surface area (Å²) in [6.45, 7) is 8.56. The maximum atomic E-state index is 13.1. The van der Waals surface area contributed by atoms with Crippen molar-refractivity contribution in [2.45, 2.75) is 40.2 Å². The molecular weight excluding hydrogens is 233 g/mol. The minimum atomic E-state index is -0.641. The standard InChI is InChI=1S/C12H18FN5/c1-5-7(12(2,3)4)16-9-8-10(15-6-14-9)18-11(13)17-8/h6-7H,5H2,1-4H3,(H2,14,15,16,17,18)/t7-/m0/s1. The molecule has 18 heavy (non-hydrogen) atoms. The van der Waals surface area contributed by atoms with Crippen LogP contribution >= 0.6 is 0 Å². The van der Waals surface area contributed by atoms with Crippen molar-refractivity contribution >= 4 is 17.0 Å². The first kappa shape index (κ1) is 12.7. The van der Waals surface area contributed by atoms with E-state index >= 15 is 0 Å². The summed E-state index contributed by atoms with van der Waals surface area (Å²) in [4.78, 5) is 14.3. The van der Waals surface area contributed by atoms with Gasteiger partial charge >= 0.3 is 0 Å². The molecule has 0 bridgehead atoms. The summed E-state index contributed by atoms with van der Waals surface area (Å²) in [7, 11) is 0. The van der Waals surface area contributed by atoms with E-state index in [1.165, 1.54) is 6.33 Å². The molecule has 0 aromatic carbocycles. The fraction of sp³-hybridized carbons (Fsp3) is 0.583. The highest BCUT2D eigenvalue weighted by molar-refractivity contribution is 5.82. The zero-order valence-corrected chi connectivity index (χ0v) is 11.1. The molecule has 0 aliphatic rings. The number of fused-ring (bicyclic) bond motifs is 1. The second kappa shape index (κ2) is 4.51. The number of hydrogen-bond donors (Lipinski definition) is 2. The van der Waals surface area contributed by atoms with Crippen molar-refractivity contribution in [3.05, 3.63) is 12.4 Å². The molecule has 98 valence electrons. The van der Waals surface area contributed by atoms with Gasteiger partial charge in [0.2, 0.25) is 0 Å². The van der Waals surface area contributed by atoms with Gasteiger partial charge in [-0.2, -0.15) is 9.37 Å². The number of imidazole rings is 1. The summed E-state index contributed by atoms with van der Waals surface area (Å²) in [5.74, 6) is 0.571. The van der Waals surface area contributed by atoms with Crippen molar-refractivity contribution in [1.29, 1.82) is 0 Å². The number of halogens is 1.